The highest BCUT2D eigenvalue weighted by molar-refractivity contribution is 5.86. The summed E-state index contributed by atoms with van der Waals surface area (Å²) in [6, 6.07) is -1.93. The summed E-state index contributed by atoms with van der Waals surface area (Å²) < 4.78 is 14.8. The fourth-order valence-corrected chi connectivity index (χ4v) is 2.05. The number of hydrogen-bond donors (Lipinski definition) is 2. The van der Waals surface area contributed by atoms with Crippen molar-refractivity contribution in [3.63, 3.8) is 0 Å². The van der Waals surface area contributed by atoms with E-state index in [0.29, 0.717) is 0 Å². The summed E-state index contributed by atoms with van der Waals surface area (Å²) >= 11 is 0. The van der Waals surface area contributed by atoms with Gasteiger partial charge < -0.3 is 29.5 Å². The molecule has 9 heteroatoms. The van der Waals surface area contributed by atoms with Gasteiger partial charge in [0.15, 0.2) is 0 Å². The summed E-state index contributed by atoms with van der Waals surface area (Å²) in [7, 11) is 4.17. The Balaban J connectivity index is 2.62. The molecule has 2 amide bonds. The third-order valence-electron chi connectivity index (χ3n) is 3.30. The summed E-state index contributed by atoms with van der Waals surface area (Å²) in [5.74, 6) is -2.02. The lowest BCUT2D eigenvalue weighted by Gasteiger charge is -2.20. The molecule has 1 aliphatic heterocycles. The van der Waals surface area contributed by atoms with Crippen molar-refractivity contribution in [1.82, 2.24) is 10.2 Å². The van der Waals surface area contributed by atoms with Crippen LogP contribution in [0.5, 0.6) is 0 Å². The Bertz CT molecular complexity index is 389. The molecule has 2 unspecified atom stereocenters. The molecule has 1 fully saturated rings. The van der Waals surface area contributed by atoms with Gasteiger partial charge in [-0.1, -0.05) is 0 Å². The van der Waals surface area contributed by atoms with Crippen molar-refractivity contribution in [2.75, 3.05) is 34.4 Å². The fourth-order valence-electron chi connectivity index (χ4n) is 2.05. The van der Waals surface area contributed by atoms with Gasteiger partial charge in [-0.15, -0.1) is 0 Å². The number of ether oxygens (including phenoxy) is 3. The summed E-state index contributed by atoms with van der Waals surface area (Å²) in [5, 5.41) is 11.3. The van der Waals surface area contributed by atoms with Crippen molar-refractivity contribution >= 4 is 18.0 Å². The average molecular weight is 304 g/mol. The lowest BCUT2D eigenvalue weighted by molar-refractivity contribution is -0.147. The van der Waals surface area contributed by atoms with Crippen LogP contribution in [-0.4, -0.2) is 80.6 Å². The van der Waals surface area contributed by atoms with E-state index in [1.165, 1.54) is 19.1 Å². The van der Waals surface area contributed by atoms with E-state index in [2.05, 4.69) is 10.1 Å². The lowest BCUT2D eigenvalue weighted by atomic mass is 10.2. The van der Waals surface area contributed by atoms with E-state index in [0.717, 1.165) is 7.11 Å². The zero-order valence-electron chi connectivity index (χ0n) is 12.2. The zero-order valence-corrected chi connectivity index (χ0v) is 12.2. The molecule has 0 bridgehead atoms. The Kier molecular flexibility index (Phi) is 6.38. The number of carbonyl (C=O) groups is 3. The summed E-state index contributed by atoms with van der Waals surface area (Å²) in [5.41, 5.74) is 0. The quantitative estimate of drug-likeness (QED) is 0.608. The maximum atomic E-state index is 12.0. The van der Waals surface area contributed by atoms with Gasteiger partial charge in [0, 0.05) is 14.2 Å². The number of rotatable bonds is 6. The average Bonchev–Trinajstić information content (AvgIpc) is 2.89. The number of urea groups is 1. The summed E-state index contributed by atoms with van der Waals surface area (Å²) in [4.78, 5) is 35.6. The third kappa shape index (κ3) is 4.57. The summed E-state index contributed by atoms with van der Waals surface area (Å²) in [6.45, 7) is 0.566. The van der Waals surface area contributed by atoms with E-state index in [1.54, 1.807) is 0 Å². The number of esters is 1. The van der Waals surface area contributed by atoms with Gasteiger partial charge in [-0.05, 0) is 0 Å². The molecule has 0 aliphatic carbocycles. The van der Waals surface area contributed by atoms with E-state index in [-0.39, 0.29) is 25.3 Å². The Morgan fingerprint density at radius 3 is 2.10 bits per heavy atom. The second-order valence-corrected chi connectivity index (χ2v) is 4.57. The highest BCUT2D eigenvalue weighted by atomic mass is 16.5. The molecular formula is C12H20N2O7. The van der Waals surface area contributed by atoms with Crippen LogP contribution in [0.25, 0.3) is 0 Å². The van der Waals surface area contributed by atoms with Crippen molar-refractivity contribution in [2.45, 2.75) is 24.7 Å². The van der Waals surface area contributed by atoms with Crippen LogP contribution in [0.3, 0.4) is 0 Å². The van der Waals surface area contributed by atoms with Crippen molar-refractivity contribution in [2.24, 2.45) is 0 Å². The molecule has 1 rings (SSSR count). The number of likely N-dealkylation sites (tertiary alicyclic amines) is 1. The highest BCUT2D eigenvalue weighted by Crippen LogP contribution is 2.15. The molecule has 21 heavy (non-hydrogen) atoms. The summed E-state index contributed by atoms with van der Waals surface area (Å²) in [6.07, 6.45) is -0.985. The molecule has 1 heterocycles. The van der Waals surface area contributed by atoms with Crippen LogP contribution in [0.1, 0.15) is 6.42 Å². The standard InChI is InChI=1S/C12H20N2O7/c1-19-8-5-14(6-9(8)20-2)12(18)13-7(11(16)17)4-10(15)21-3/h7-9H,4-6H2,1-3H3,(H,13,18)(H,16,17)/t7-,8?,9?/m0/s1. The fraction of sp³-hybridized carbons (Fsp3) is 0.750. The van der Waals surface area contributed by atoms with Gasteiger partial charge in [-0.25, -0.2) is 9.59 Å². The van der Waals surface area contributed by atoms with E-state index < -0.39 is 30.4 Å². The maximum Gasteiger partial charge on any atom is 0.326 e. The van der Waals surface area contributed by atoms with Gasteiger partial charge in [0.05, 0.1) is 26.6 Å². The number of nitrogens with one attached hydrogen (secondary N) is 1. The second-order valence-electron chi connectivity index (χ2n) is 4.57. The second kappa shape index (κ2) is 7.79. The predicted molar refractivity (Wildman–Crippen MR) is 69.8 cm³/mol. The number of methoxy groups -OCH3 is 3. The minimum atomic E-state index is -1.34. The molecule has 3 atom stereocenters. The van der Waals surface area contributed by atoms with E-state index in [1.807, 2.05) is 0 Å². The lowest BCUT2D eigenvalue weighted by Crippen LogP contribution is -2.48. The first-order chi connectivity index (χ1) is 9.92. The smallest absolute Gasteiger partial charge is 0.326 e. The molecule has 9 nitrogen and oxygen atoms in total. The van der Waals surface area contributed by atoms with Gasteiger partial charge in [0.1, 0.15) is 18.2 Å². The minimum Gasteiger partial charge on any atom is -0.480 e. The Labute approximate surface area is 122 Å². The first-order valence-corrected chi connectivity index (χ1v) is 6.33. The molecule has 0 aromatic rings. The van der Waals surface area contributed by atoms with Crippen LogP contribution < -0.4 is 5.32 Å². The van der Waals surface area contributed by atoms with Crippen LogP contribution in [0.4, 0.5) is 4.79 Å². The van der Waals surface area contributed by atoms with Crippen LogP contribution in [0.15, 0.2) is 0 Å². The topological polar surface area (TPSA) is 114 Å². The van der Waals surface area contributed by atoms with E-state index in [4.69, 9.17) is 14.6 Å². The number of carbonyl (C=O) groups excluding carboxylic acids is 2. The molecule has 0 spiro atoms. The van der Waals surface area contributed by atoms with Gasteiger partial charge in [-0.3, -0.25) is 4.79 Å². The molecule has 0 saturated carbocycles. The van der Waals surface area contributed by atoms with Crippen molar-refractivity contribution in [3.8, 4) is 0 Å². The number of hydrogen-bond acceptors (Lipinski definition) is 6. The van der Waals surface area contributed by atoms with E-state index >= 15 is 0 Å². The van der Waals surface area contributed by atoms with Gasteiger partial charge in [0.25, 0.3) is 0 Å². The van der Waals surface area contributed by atoms with Crippen molar-refractivity contribution in [3.05, 3.63) is 0 Å². The Hall–Kier alpha value is -1.87. The Morgan fingerprint density at radius 2 is 1.71 bits per heavy atom. The largest absolute Gasteiger partial charge is 0.480 e. The first-order valence-electron chi connectivity index (χ1n) is 6.33. The SMILES string of the molecule is COC(=O)C[C@H](NC(=O)N1CC(OC)C(OC)C1)C(=O)O. The molecule has 2 N–H and O–H groups in total. The maximum absolute atomic E-state index is 12.0. The molecule has 0 aromatic heterocycles. The van der Waals surface area contributed by atoms with Crippen molar-refractivity contribution in [1.29, 1.82) is 0 Å². The third-order valence-corrected chi connectivity index (χ3v) is 3.30. The number of carboxylic acids is 1. The number of carboxylic acid groups (broad SMARTS) is 1. The molecule has 1 saturated heterocycles. The first kappa shape index (κ1) is 17.2. The Morgan fingerprint density at radius 1 is 1.19 bits per heavy atom. The van der Waals surface area contributed by atoms with Gasteiger partial charge >= 0.3 is 18.0 Å². The molecule has 1 aliphatic rings. The van der Waals surface area contributed by atoms with Crippen molar-refractivity contribution < 1.29 is 33.7 Å². The van der Waals surface area contributed by atoms with E-state index in [9.17, 15) is 14.4 Å². The number of nitrogens with zero attached hydrogens (tertiary/aromatic N) is 1. The van der Waals surface area contributed by atoms with Crippen LogP contribution in [-0.2, 0) is 23.8 Å². The predicted octanol–water partition coefficient (Wildman–Crippen LogP) is -0.942. The van der Waals surface area contributed by atoms with Crippen LogP contribution in [0, 0.1) is 0 Å². The van der Waals surface area contributed by atoms with Crippen LogP contribution in [0.2, 0.25) is 0 Å². The zero-order chi connectivity index (χ0) is 16.0. The monoisotopic (exact) mass is 304 g/mol. The van der Waals surface area contributed by atoms with Gasteiger partial charge in [-0.2, -0.15) is 0 Å². The highest BCUT2D eigenvalue weighted by Gasteiger charge is 2.37. The van der Waals surface area contributed by atoms with Gasteiger partial charge in [0.2, 0.25) is 0 Å². The molecule has 0 aromatic carbocycles. The number of aliphatic carboxylic acids is 1. The minimum absolute atomic E-state index is 0.273. The van der Waals surface area contributed by atoms with Crippen LogP contribution >= 0.6 is 0 Å². The molecule has 0 radical (unpaired) electrons. The normalized spacial score (nSPS) is 22.7. The molecular weight excluding hydrogens is 284 g/mol. The number of amides is 2. The molecule has 120 valence electrons.